The summed E-state index contributed by atoms with van der Waals surface area (Å²) in [7, 11) is 0. The van der Waals surface area contributed by atoms with Gasteiger partial charge < -0.3 is 4.74 Å². The summed E-state index contributed by atoms with van der Waals surface area (Å²) in [5.74, 6) is 6.44. The van der Waals surface area contributed by atoms with E-state index in [9.17, 15) is 0 Å². The minimum atomic E-state index is 0. The van der Waals surface area contributed by atoms with Crippen LogP contribution in [-0.4, -0.2) is 49.1 Å². The summed E-state index contributed by atoms with van der Waals surface area (Å²) in [6.45, 7) is 6.07. The maximum Gasteiger partial charge on any atom is 0.108 e. The van der Waals surface area contributed by atoms with Crippen molar-refractivity contribution in [1.82, 2.24) is 9.80 Å². The highest BCUT2D eigenvalue weighted by Crippen LogP contribution is 2.29. The topological polar surface area (TPSA) is 15.7 Å². The Kier molecular flexibility index (Phi) is 9.81. The molecule has 4 heteroatoms. The first kappa shape index (κ1) is 24.0. The van der Waals surface area contributed by atoms with E-state index in [2.05, 4.69) is 94.4 Å². The van der Waals surface area contributed by atoms with Crippen molar-refractivity contribution in [2.75, 3.05) is 39.3 Å². The highest BCUT2D eigenvalue weighted by Gasteiger charge is 2.25. The van der Waals surface area contributed by atoms with Gasteiger partial charge in [0, 0.05) is 26.2 Å². The number of ether oxygens (including phenoxy) is 1. The van der Waals surface area contributed by atoms with E-state index in [1.807, 2.05) is 18.2 Å². The zero-order chi connectivity index (χ0) is 21.1. The van der Waals surface area contributed by atoms with Gasteiger partial charge in [-0.05, 0) is 16.7 Å². The van der Waals surface area contributed by atoms with Crippen molar-refractivity contribution < 1.29 is 4.74 Å². The lowest BCUT2D eigenvalue weighted by Gasteiger charge is -2.39. The van der Waals surface area contributed by atoms with Crippen LogP contribution in [0.2, 0.25) is 0 Å². The monoisotopic (exact) mass is 446 g/mol. The van der Waals surface area contributed by atoms with Crippen LogP contribution in [0.4, 0.5) is 0 Å². The molecule has 0 atom stereocenters. The summed E-state index contributed by atoms with van der Waals surface area (Å²) >= 11 is 0. The van der Waals surface area contributed by atoms with Crippen LogP contribution in [0.1, 0.15) is 22.7 Å². The molecule has 3 aromatic carbocycles. The van der Waals surface area contributed by atoms with Crippen LogP contribution < -0.4 is 0 Å². The normalized spacial score (nSPS) is 14.4. The van der Waals surface area contributed by atoms with Gasteiger partial charge in [0.15, 0.2) is 0 Å². The van der Waals surface area contributed by atoms with E-state index in [-0.39, 0.29) is 12.4 Å². The van der Waals surface area contributed by atoms with Crippen LogP contribution in [0.15, 0.2) is 91.0 Å². The third-order valence-corrected chi connectivity index (χ3v) is 5.72. The van der Waals surface area contributed by atoms with Crippen molar-refractivity contribution in [3.63, 3.8) is 0 Å². The van der Waals surface area contributed by atoms with Gasteiger partial charge in [0.1, 0.15) is 6.61 Å². The number of nitrogens with zero attached hydrogens (tertiary/aromatic N) is 2. The van der Waals surface area contributed by atoms with E-state index < -0.39 is 0 Å². The second-order valence-electron chi connectivity index (χ2n) is 7.87. The summed E-state index contributed by atoms with van der Waals surface area (Å²) in [6.07, 6.45) is 0. The van der Waals surface area contributed by atoms with Crippen molar-refractivity contribution in [2.45, 2.75) is 12.6 Å². The lowest BCUT2D eigenvalue weighted by molar-refractivity contribution is 0.119. The molecule has 32 heavy (non-hydrogen) atoms. The Morgan fingerprint density at radius 2 is 1.22 bits per heavy atom. The van der Waals surface area contributed by atoms with E-state index in [1.165, 1.54) is 16.7 Å². The molecular weight excluding hydrogens is 416 g/mol. The Morgan fingerprint density at radius 3 is 1.78 bits per heavy atom. The molecular formula is C28H31ClN2O. The first-order valence-electron chi connectivity index (χ1n) is 11.0. The molecule has 1 aliphatic rings. The summed E-state index contributed by atoms with van der Waals surface area (Å²) in [6, 6.07) is 32.2. The Bertz CT molecular complexity index is 922. The second kappa shape index (κ2) is 13.1. The van der Waals surface area contributed by atoms with Crippen LogP contribution in [-0.2, 0) is 11.3 Å². The lowest BCUT2D eigenvalue weighted by atomic mass is 9.96. The molecule has 0 amide bonds. The molecule has 0 unspecified atom stereocenters. The number of hydrogen-bond acceptors (Lipinski definition) is 3. The number of piperazine rings is 1. The third kappa shape index (κ3) is 6.95. The van der Waals surface area contributed by atoms with Crippen molar-refractivity contribution in [3.05, 3.63) is 108 Å². The van der Waals surface area contributed by atoms with Crippen LogP contribution in [0.5, 0.6) is 0 Å². The number of benzene rings is 3. The maximum absolute atomic E-state index is 5.66. The van der Waals surface area contributed by atoms with E-state index in [4.69, 9.17) is 4.74 Å². The Balaban J connectivity index is 0.00000289. The van der Waals surface area contributed by atoms with Crippen molar-refractivity contribution in [3.8, 4) is 11.8 Å². The number of hydrogen-bond donors (Lipinski definition) is 0. The average molecular weight is 447 g/mol. The summed E-state index contributed by atoms with van der Waals surface area (Å²) in [4.78, 5) is 5.03. The van der Waals surface area contributed by atoms with Crippen LogP contribution >= 0.6 is 12.4 Å². The fraction of sp³-hybridized carbons (Fsp3) is 0.286. The Morgan fingerprint density at radius 1 is 0.688 bits per heavy atom. The van der Waals surface area contributed by atoms with Gasteiger partial charge in [-0.3, -0.25) is 9.80 Å². The minimum absolute atomic E-state index is 0. The summed E-state index contributed by atoms with van der Waals surface area (Å²) < 4.78 is 5.66. The first-order chi connectivity index (χ1) is 15.4. The lowest BCUT2D eigenvalue weighted by Crippen LogP contribution is -2.47. The van der Waals surface area contributed by atoms with E-state index in [1.54, 1.807) is 0 Å². The Hall–Kier alpha value is -2.61. The molecule has 1 fully saturated rings. The molecule has 3 aromatic rings. The molecule has 0 radical (unpaired) electrons. The fourth-order valence-corrected chi connectivity index (χ4v) is 4.08. The van der Waals surface area contributed by atoms with Crippen LogP contribution in [0.25, 0.3) is 0 Å². The fourth-order valence-electron chi connectivity index (χ4n) is 4.08. The van der Waals surface area contributed by atoms with Crippen molar-refractivity contribution in [2.24, 2.45) is 0 Å². The zero-order valence-electron chi connectivity index (χ0n) is 18.4. The highest BCUT2D eigenvalue weighted by atomic mass is 35.5. The molecule has 0 aromatic heterocycles. The number of rotatable bonds is 7. The predicted molar refractivity (Wildman–Crippen MR) is 134 cm³/mol. The summed E-state index contributed by atoms with van der Waals surface area (Å²) in [5.41, 5.74) is 3.90. The van der Waals surface area contributed by atoms with Gasteiger partial charge in [-0.1, -0.05) is 103 Å². The van der Waals surface area contributed by atoms with Gasteiger partial charge in [0.2, 0.25) is 0 Å². The van der Waals surface area contributed by atoms with Gasteiger partial charge in [-0.15, -0.1) is 12.4 Å². The van der Waals surface area contributed by atoms with Gasteiger partial charge in [0.25, 0.3) is 0 Å². The maximum atomic E-state index is 5.66. The molecule has 0 aliphatic carbocycles. The number of halogens is 1. The van der Waals surface area contributed by atoms with E-state index in [0.717, 1.165) is 32.7 Å². The van der Waals surface area contributed by atoms with Crippen molar-refractivity contribution >= 4 is 12.4 Å². The quantitative estimate of drug-likeness (QED) is 0.373. The first-order valence-corrected chi connectivity index (χ1v) is 11.0. The van der Waals surface area contributed by atoms with Gasteiger partial charge in [-0.25, -0.2) is 0 Å². The van der Waals surface area contributed by atoms with Gasteiger partial charge in [0.05, 0.1) is 19.2 Å². The summed E-state index contributed by atoms with van der Waals surface area (Å²) in [5, 5.41) is 0. The molecule has 0 spiro atoms. The minimum Gasteiger partial charge on any atom is -0.364 e. The molecule has 1 aliphatic heterocycles. The molecule has 3 nitrogen and oxygen atoms in total. The van der Waals surface area contributed by atoms with E-state index in [0.29, 0.717) is 19.3 Å². The molecule has 1 saturated heterocycles. The highest BCUT2D eigenvalue weighted by molar-refractivity contribution is 5.85. The SMILES string of the molecule is C(#CCN1CCN(C(c2ccccc2)c2ccccc2)CC1)COCc1ccccc1.Cl. The Labute approximate surface area is 198 Å². The van der Waals surface area contributed by atoms with Crippen LogP contribution in [0.3, 0.4) is 0 Å². The molecule has 0 saturated carbocycles. The zero-order valence-corrected chi connectivity index (χ0v) is 19.2. The van der Waals surface area contributed by atoms with Gasteiger partial charge in [-0.2, -0.15) is 0 Å². The average Bonchev–Trinajstić information content (AvgIpc) is 2.84. The van der Waals surface area contributed by atoms with Crippen LogP contribution in [0, 0.1) is 11.8 Å². The smallest absolute Gasteiger partial charge is 0.108 e. The molecule has 0 bridgehead atoms. The van der Waals surface area contributed by atoms with Crippen molar-refractivity contribution in [1.29, 1.82) is 0 Å². The largest absolute Gasteiger partial charge is 0.364 e. The molecule has 166 valence electrons. The van der Waals surface area contributed by atoms with Gasteiger partial charge >= 0.3 is 0 Å². The second-order valence-corrected chi connectivity index (χ2v) is 7.87. The van der Waals surface area contributed by atoms with E-state index >= 15 is 0 Å². The molecule has 0 N–H and O–H groups in total. The molecule has 4 rings (SSSR count). The standard InChI is InChI=1S/C28H30N2O.ClH/c1-4-12-25(13-5-1)24-31-23-11-10-18-29-19-21-30(22-20-29)28(26-14-6-2-7-15-26)27-16-8-3-9-17-27;/h1-9,12-17,28H,18-24H2;1H. The predicted octanol–water partition coefficient (Wildman–Crippen LogP) is 5.04. The molecule has 1 heterocycles. The third-order valence-electron chi connectivity index (χ3n) is 5.72.